The van der Waals surface area contributed by atoms with Crippen LogP contribution in [0.2, 0.25) is 0 Å². The summed E-state index contributed by atoms with van der Waals surface area (Å²) in [6, 6.07) is 11.2. The lowest BCUT2D eigenvalue weighted by Gasteiger charge is -2.28. The molecule has 2 atom stereocenters. The molecule has 116 valence electrons. The molecule has 2 unspecified atom stereocenters. The fourth-order valence-electron chi connectivity index (χ4n) is 2.53. The molecule has 0 saturated heterocycles. The molecule has 0 spiro atoms. The molecule has 0 aliphatic carbocycles. The van der Waals surface area contributed by atoms with Crippen molar-refractivity contribution in [2.45, 2.75) is 45.7 Å². The van der Waals surface area contributed by atoms with E-state index in [1.54, 1.807) is 0 Å². The Morgan fingerprint density at radius 3 is 2.67 bits per heavy atom. The van der Waals surface area contributed by atoms with Gasteiger partial charge in [-0.2, -0.15) is 0 Å². The van der Waals surface area contributed by atoms with E-state index in [9.17, 15) is 0 Å². The van der Waals surface area contributed by atoms with Gasteiger partial charge in [-0.25, -0.2) is 0 Å². The highest BCUT2D eigenvalue weighted by Gasteiger charge is 2.19. The lowest BCUT2D eigenvalue weighted by Crippen LogP contribution is -2.37. The average molecular weight is 288 g/mol. The van der Waals surface area contributed by atoms with Crippen LogP contribution in [0.5, 0.6) is 0 Å². The third kappa shape index (κ3) is 4.08. The highest BCUT2D eigenvalue weighted by Crippen LogP contribution is 2.24. The maximum atomic E-state index is 6.05. The van der Waals surface area contributed by atoms with Crippen molar-refractivity contribution < 1.29 is 4.42 Å². The van der Waals surface area contributed by atoms with Crippen molar-refractivity contribution in [1.29, 1.82) is 0 Å². The summed E-state index contributed by atoms with van der Waals surface area (Å²) in [5.74, 6) is 1.04. The summed E-state index contributed by atoms with van der Waals surface area (Å²) in [7, 11) is 2.19. The predicted molar refractivity (Wildman–Crippen MR) is 89.6 cm³/mol. The Morgan fingerprint density at radius 2 is 2.00 bits per heavy atom. The van der Waals surface area contributed by atoms with E-state index in [1.807, 2.05) is 12.1 Å². The van der Waals surface area contributed by atoms with Gasteiger partial charge in [0.15, 0.2) is 0 Å². The van der Waals surface area contributed by atoms with Crippen LogP contribution in [0.25, 0.3) is 11.0 Å². The molecular weight excluding hydrogens is 260 g/mol. The summed E-state index contributed by atoms with van der Waals surface area (Å²) in [6.45, 7) is 8.68. The van der Waals surface area contributed by atoms with Crippen molar-refractivity contribution in [1.82, 2.24) is 10.2 Å². The molecular formula is C18H28N2O. The number of hydrogen-bond donors (Lipinski definition) is 1. The molecule has 2 aromatic rings. The second-order valence-corrected chi connectivity index (χ2v) is 5.89. The van der Waals surface area contributed by atoms with Crippen molar-refractivity contribution in [3.8, 4) is 0 Å². The maximum Gasteiger partial charge on any atom is 0.134 e. The molecule has 0 amide bonds. The summed E-state index contributed by atoms with van der Waals surface area (Å²) < 4.78 is 6.05. The molecule has 21 heavy (non-hydrogen) atoms. The van der Waals surface area contributed by atoms with Crippen LogP contribution < -0.4 is 5.32 Å². The number of fused-ring (bicyclic) bond motifs is 1. The van der Waals surface area contributed by atoms with Gasteiger partial charge in [-0.15, -0.1) is 0 Å². The van der Waals surface area contributed by atoms with Gasteiger partial charge >= 0.3 is 0 Å². The Bertz CT molecular complexity index is 516. The Labute approximate surface area is 128 Å². The Hall–Kier alpha value is -1.32. The maximum absolute atomic E-state index is 6.05. The van der Waals surface area contributed by atoms with Crippen LogP contribution in [0, 0.1) is 0 Å². The normalized spacial score (nSPS) is 14.7. The van der Waals surface area contributed by atoms with E-state index in [4.69, 9.17) is 4.42 Å². The molecule has 0 fully saturated rings. The number of nitrogens with zero attached hydrogens (tertiary/aromatic N) is 1. The fourth-order valence-corrected chi connectivity index (χ4v) is 2.53. The highest BCUT2D eigenvalue weighted by molar-refractivity contribution is 5.77. The smallest absolute Gasteiger partial charge is 0.134 e. The number of para-hydroxylation sites is 1. The molecule has 2 rings (SSSR count). The zero-order valence-corrected chi connectivity index (χ0v) is 13.7. The number of nitrogens with one attached hydrogen (secondary N) is 1. The van der Waals surface area contributed by atoms with E-state index >= 15 is 0 Å². The second kappa shape index (κ2) is 7.62. The van der Waals surface area contributed by atoms with Gasteiger partial charge in [-0.05, 0) is 45.5 Å². The van der Waals surface area contributed by atoms with Crippen LogP contribution in [-0.2, 0) is 0 Å². The minimum absolute atomic E-state index is 0.247. The van der Waals surface area contributed by atoms with Crippen LogP contribution in [0.1, 0.15) is 45.4 Å². The topological polar surface area (TPSA) is 28.4 Å². The van der Waals surface area contributed by atoms with Crippen molar-refractivity contribution in [2.75, 3.05) is 20.1 Å². The van der Waals surface area contributed by atoms with E-state index in [0.29, 0.717) is 6.04 Å². The molecule has 0 saturated carbocycles. The van der Waals surface area contributed by atoms with E-state index in [1.165, 1.54) is 5.39 Å². The van der Waals surface area contributed by atoms with Gasteiger partial charge in [0.25, 0.3) is 0 Å². The molecule has 3 nitrogen and oxygen atoms in total. The summed E-state index contributed by atoms with van der Waals surface area (Å²) in [5.41, 5.74) is 0.974. The number of rotatable bonds is 8. The van der Waals surface area contributed by atoms with Crippen molar-refractivity contribution >= 4 is 11.0 Å². The van der Waals surface area contributed by atoms with Crippen molar-refractivity contribution in [3.05, 3.63) is 36.1 Å². The summed E-state index contributed by atoms with van der Waals surface area (Å²) in [5, 5.41) is 4.80. The first-order valence-corrected chi connectivity index (χ1v) is 8.07. The van der Waals surface area contributed by atoms with Crippen LogP contribution in [0.3, 0.4) is 0 Å². The first kappa shape index (κ1) is 16.1. The quantitative estimate of drug-likeness (QED) is 0.789. The van der Waals surface area contributed by atoms with Crippen molar-refractivity contribution in [3.63, 3.8) is 0 Å². The second-order valence-electron chi connectivity index (χ2n) is 5.89. The fraction of sp³-hybridized carbons (Fsp3) is 0.556. The van der Waals surface area contributed by atoms with Crippen LogP contribution in [0.15, 0.2) is 34.7 Å². The zero-order valence-electron chi connectivity index (χ0n) is 13.7. The summed E-state index contributed by atoms with van der Waals surface area (Å²) in [6.07, 6.45) is 2.29. The summed E-state index contributed by atoms with van der Waals surface area (Å²) in [4.78, 5) is 2.40. The summed E-state index contributed by atoms with van der Waals surface area (Å²) >= 11 is 0. The molecule has 0 aliphatic heterocycles. The lowest BCUT2D eigenvalue weighted by atomic mass is 10.1. The monoisotopic (exact) mass is 288 g/mol. The first-order chi connectivity index (χ1) is 10.2. The van der Waals surface area contributed by atoms with Gasteiger partial charge in [0.2, 0.25) is 0 Å². The Kier molecular flexibility index (Phi) is 5.83. The number of furan rings is 1. The minimum atomic E-state index is 0.247. The third-order valence-corrected chi connectivity index (χ3v) is 4.24. The van der Waals surface area contributed by atoms with Crippen LogP contribution >= 0.6 is 0 Å². The molecule has 0 radical (unpaired) electrons. The molecule has 0 bridgehead atoms. The molecule has 1 N–H and O–H groups in total. The first-order valence-electron chi connectivity index (χ1n) is 8.07. The van der Waals surface area contributed by atoms with Gasteiger partial charge in [-0.3, -0.25) is 0 Å². The Balaban J connectivity index is 2.18. The standard InChI is InChI=1S/C18H28N2O/c1-5-11-19-16(13-20(4)14(3)6-2)18-12-15-9-7-8-10-17(15)21-18/h7-10,12,14,16,19H,5-6,11,13H2,1-4H3. The predicted octanol–water partition coefficient (Wildman–Crippen LogP) is 4.20. The van der Waals surface area contributed by atoms with Gasteiger partial charge in [0.1, 0.15) is 11.3 Å². The van der Waals surface area contributed by atoms with Gasteiger partial charge in [0, 0.05) is 18.0 Å². The minimum Gasteiger partial charge on any atom is -0.459 e. The molecule has 1 aromatic carbocycles. The Morgan fingerprint density at radius 1 is 1.24 bits per heavy atom. The molecule has 0 aliphatic rings. The van der Waals surface area contributed by atoms with Gasteiger partial charge < -0.3 is 14.6 Å². The number of benzene rings is 1. The highest BCUT2D eigenvalue weighted by atomic mass is 16.3. The van der Waals surface area contributed by atoms with Crippen molar-refractivity contribution in [2.24, 2.45) is 0 Å². The lowest BCUT2D eigenvalue weighted by molar-refractivity contribution is 0.214. The molecule has 1 heterocycles. The number of hydrogen-bond acceptors (Lipinski definition) is 3. The van der Waals surface area contributed by atoms with E-state index in [0.717, 1.165) is 37.3 Å². The molecule has 1 aromatic heterocycles. The van der Waals surface area contributed by atoms with E-state index in [-0.39, 0.29) is 6.04 Å². The molecule has 3 heteroatoms. The zero-order chi connectivity index (χ0) is 15.2. The average Bonchev–Trinajstić information content (AvgIpc) is 2.94. The SMILES string of the molecule is CCCNC(CN(C)C(C)CC)c1cc2ccccc2o1. The van der Waals surface area contributed by atoms with Crippen LogP contribution in [-0.4, -0.2) is 31.1 Å². The van der Waals surface area contributed by atoms with E-state index in [2.05, 4.69) is 56.2 Å². The van der Waals surface area contributed by atoms with Gasteiger partial charge in [0.05, 0.1) is 6.04 Å². The third-order valence-electron chi connectivity index (χ3n) is 4.24. The van der Waals surface area contributed by atoms with Gasteiger partial charge in [-0.1, -0.05) is 32.0 Å². The van der Waals surface area contributed by atoms with Crippen LogP contribution in [0.4, 0.5) is 0 Å². The van der Waals surface area contributed by atoms with E-state index < -0.39 is 0 Å². The number of likely N-dealkylation sites (N-methyl/N-ethyl adjacent to an activating group) is 1. The largest absolute Gasteiger partial charge is 0.459 e.